The minimum atomic E-state index is -2.01. The highest BCUT2D eigenvalue weighted by atomic mass is 35.5. The van der Waals surface area contributed by atoms with E-state index in [0.717, 1.165) is 6.08 Å². The fourth-order valence-corrected chi connectivity index (χ4v) is 4.20. The van der Waals surface area contributed by atoms with Gasteiger partial charge in [0.1, 0.15) is 0 Å². The molecule has 10 heteroatoms. The van der Waals surface area contributed by atoms with Crippen molar-refractivity contribution in [2.45, 2.75) is 25.2 Å². The fourth-order valence-electron chi connectivity index (χ4n) is 3.86. The Balaban J connectivity index is 2.13. The maximum absolute atomic E-state index is 13.6. The predicted octanol–water partition coefficient (Wildman–Crippen LogP) is 5.75. The van der Waals surface area contributed by atoms with Crippen molar-refractivity contribution in [3.8, 4) is 0 Å². The summed E-state index contributed by atoms with van der Waals surface area (Å²) >= 11 is 12.3. The number of rotatable bonds is 12. The molecule has 1 amide bonds. The summed E-state index contributed by atoms with van der Waals surface area (Å²) in [5, 5.41) is 6.63. The summed E-state index contributed by atoms with van der Waals surface area (Å²) in [6, 6.07) is 18.4. The van der Waals surface area contributed by atoms with E-state index in [-0.39, 0.29) is 19.1 Å². The van der Waals surface area contributed by atoms with E-state index in [2.05, 4.69) is 17.2 Å². The van der Waals surface area contributed by atoms with Crippen molar-refractivity contribution in [1.82, 2.24) is 0 Å². The van der Waals surface area contributed by atoms with Gasteiger partial charge in [0.25, 0.3) is 0 Å². The number of ether oxygens (including phenoxy) is 3. The van der Waals surface area contributed by atoms with E-state index in [1.807, 2.05) is 0 Å². The van der Waals surface area contributed by atoms with Crippen LogP contribution in [0.25, 0.3) is 0 Å². The molecule has 0 aliphatic carbocycles. The van der Waals surface area contributed by atoms with Crippen LogP contribution in [-0.2, 0) is 40.8 Å². The lowest BCUT2D eigenvalue weighted by molar-refractivity contribution is -0.183. The number of benzene rings is 3. The standard InChI is InChI=1S/C29H28Cl2N2O6/c1-4-25(34)32-23-13-15-24(16-14-23)33-26(27(35)38-5-2)29(28(36)37-3,20-9-11-21(30)12-10-20)39-18-19-7-6-8-22(31)17-19/h4,6-17,26,33H,1,5,18H2,2-3H3,(H,32,34). The van der Waals surface area contributed by atoms with Crippen LogP contribution in [0.5, 0.6) is 0 Å². The summed E-state index contributed by atoms with van der Waals surface area (Å²) < 4.78 is 16.9. The Morgan fingerprint density at radius 1 is 0.974 bits per heavy atom. The van der Waals surface area contributed by atoms with Crippen LogP contribution in [0.2, 0.25) is 10.0 Å². The SMILES string of the molecule is C=CC(=O)Nc1ccc(NC(C(=O)OCC)C(OCc2cccc(Cl)c2)(C(=O)OC)c2ccc(Cl)cc2)cc1. The summed E-state index contributed by atoms with van der Waals surface area (Å²) in [5.74, 6) is -1.97. The monoisotopic (exact) mass is 570 g/mol. The van der Waals surface area contributed by atoms with Crippen molar-refractivity contribution in [3.63, 3.8) is 0 Å². The number of anilines is 2. The van der Waals surface area contributed by atoms with Gasteiger partial charge in [-0.1, -0.05) is 54.0 Å². The molecule has 3 aromatic carbocycles. The predicted molar refractivity (Wildman–Crippen MR) is 151 cm³/mol. The molecular formula is C29H28Cl2N2O6. The first-order valence-electron chi connectivity index (χ1n) is 11.9. The van der Waals surface area contributed by atoms with Gasteiger partial charge < -0.3 is 24.8 Å². The summed E-state index contributed by atoms with van der Waals surface area (Å²) in [6.45, 7) is 5.04. The Kier molecular flexibility index (Phi) is 10.5. The Morgan fingerprint density at radius 2 is 1.64 bits per heavy atom. The van der Waals surface area contributed by atoms with Crippen molar-refractivity contribution < 1.29 is 28.6 Å². The quantitative estimate of drug-likeness (QED) is 0.211. The first kappa shape index (κ1) is 29.7. The third kappa shape index (κ3) is 7.38. The first-order valence-corrected chi connectivity index (χ1v) is 12.7. The summed E-state index contributed by atoms with van der Waals surface area (Å²) in [5.41, 5.74) is -0.0923. The molecule has 3 rings (SSSR count). The van der Waals surface area contributed by atoms with E-state index in [4.69, 9.17) is 37.4 Å². The molecule has 8 nitrogen and oxygen atoms in total. The highest BCUT2D eigenvalue weighted by Crippen LogP contribution is 2.36. The molecule has 0 bridgehead atoms. The van der Waals surface area contributed by atoms with E-state index in [1.165, 1.54) is 7.11 Å². The van der Waals surface area contributed by atoms with Crippen LogP contribution < -0.4 is 10.6 Å². The average molecular weight is 571 g/mol. The highest BCUT2D eigenvalue weighted by molar-refractivity contribution is 6.30. The van der Waals surface area contributed by atoms with Gasteiger partial charge in [-0.15, -0.1) is 0 Å². The molecular weight excluding hydrogens is 543 g/mol. The molecule has 0 fully saturated rings. The van der Waals surface area contributed by atoms with Gasteiger partial charge in [-0.2, -0.15) is 0 Å². The van der Waals surface area contributed by atoms with Crippen molar-refractivity contribution in [2.24, 2.45) is 0 Å². The molecule has 2 atom stereocenters. The van der Waals surface area contributed by atoms with E-state index in [0.29, 0.717) is 32.5 Å². The van der Waals surface area contributed by atoms with Crippen LogP contribution in [0.1, 0.15) is 18.1 Å². The topological polar surface area (TPSA) is 103 Å². The number of nitrogens with one attached hydrogen (secondary N) is 2. The van der Waals surface area contributed by atoms with Crippen molar-refractivity contribution in [3.05, 3.63) is 107 Å². The van der Waals surface area contributed by atoms with Crippen LogP contribution >= 0.6 is 23.2 Å². The summed E-state index contributed by atoms with van der Waals surface area (Å²) in [6.07, 6.45) is 1.15. The summed E-state index contributed by atoms with van der Waals surface area (Å²) in [7, 11) is 1.20. The van der Waals surface area contributed by atoms with Crippen LogP contribution in [0.4, 0.5) is 11.4 Å². The number of carbonyl (C=O) groups is 3. The van der Waals surface area contributed by atoms with Gasteiger partial charge in [-0.25, -0.2) is 9.59 Å². The molecule has 0 radical (unpaired) electrons. The van der Waals surface area contributed by atoms with Crippen molar-refractivity contribution >= 4 is 52.4 Å². The average Bonchev–Trinajstić information content (AvgIpc) is 2.94. The maximum atomic E-state index is 13.6. The maximum Gasteiger partial charge on any atom is 0.345 e. The normalized spacial score (nSPS) is 12.9. The highest BCUT2D eigenvalue weighted by Gasteiger charge is 2.54. The molecule has 2 N–H and O–H groups in total. The van der Waals surface area contributed by atoms with Crippen LogP contribution in [0.3, 0.4) is 0 Å². The van der Waals surface area contributed by atoms with Gasteiger partial charge in [0.05, 0.1) is 20.3 Å². The van der Waals surface area contributed by atoms with E-state index >= 15 is 0 Å². The van der Waals surface area contributed by atoms with Crippen LogP contribution in [0, 0.1) is 0 Å². The molecule has 0 saturated carbocycles. The van der Waals surface area contributed by atoms with Gasteiger partial charge in [0.2, 0.25) is 11.5 Å². The van der Waals surface area contributed by atoms with Gasteiger partial charge in [0.15, 0.2) is 6.04 Å². The van der Waals surface area contributed by atoms with Gasteiger partial charge in [-0.3, -0.25) is 4.79 Å². The lowest BCUT2D eigenvalue weighted by atomic mass is 9.85. The molecule has 0 spiro atoms. The second-order valence-corrected chi connectivity index (χ2v) is 9.13. The Labute approximate surface area is 236 Å². The van der Waals surface area contributed by atoms with E-state index in [1.54, 1.807) is 79.7 Å². The number of methoxy groups -OCH3 is 1. The largest absolute Gasteiger partial charge is 0.467 e. The minimum absolute atomic E-state index is 0.0513. The zero-order valence-electron chi connectivity index (χ0n) is 21.4. The second-order valence-electron chi connectivity index (χ2n) is 8.25. The lowest BCUT2D eigenvalue weighted by Crippen LogP contribution is -2.57. The first-order chi connectivity index (χ1) is 18.7. The van der Waals surface area contributed by atoms with Gasteiger partial charge >= 0.3 is 11.9 Å². The number of hydrogen-bond acceptors (Lipinski definition) is 7. The second kappa shape index (κ2) is 13.8. The number of carbonyl (C=O) groups excluding carboxylic acids is 3. The third-order valence-corrected chi connectivity index (χ3v) is 6.18. The molecule has 0 heterocycles. The Morgan fingerprint density at radius 3 is 2.23 bits per heavy atom. The molecule has 39 heavy (non-hydrogen) atoms. The van der Waals surface area contributed by atoms with Crippen molar-refractivity contribution in [2.75, 3.05) is 24.4 Å². The minimum Gasteiger partial charge on any atom is -0.467 e. The molecule has 204 valence electrons. The smallest absolute Gasteiger partial charge is 0.345 e. The lowest BCUT2D eigenvalue weighted by Gasteiger charge is -2.38. The number of halogens is 2. The van der Waals surface area contributed by atoms with Crippen LogP contribution in [-0.4, -0.2) is 37.6 Å². The summed E-state index contributed by atoms with van der Waals surface area (Å²) in [4.78, 5) is 38.8. The molecule has 0 aromatic heterocycles. The van der Waals surface area contributed by atoms with Gasteiger partial charge in [-0.05, 0) is 72.7 Å². The number of esters is 2. The number of hydrogen-bond donors (Lipinski definition) is 2. The third-order valence-electron chi connectivity index (χ3n) is 5.69. The zero-order valence-corrected chi connectivity index (χ0v) is 22.9. The Bertz CT molecular complexity index is 1310. The molecule has 0 aliphatic rings. The fraction of sp³-hybridized carbons (Fsp3) is 0.207. The molecule has 2 unspecified atom stereocenters. The van der Waals surface area contributed by atoms with Crippen molar-refractivity contribution in [1.29, 1.82) is 0 Å². The Hall–Kier alpha value is -3.85. The zero-order chi connectivity index (χ0) is 28.4. The van der Waals surface area contributed by atoms with Crippen LogP contribution in [0.15, 0.2) is 85.5 Å². The molecule has 0 saturated heterocycles. The number of amides is 1. The van der Waals surface area contributed by atoms with E-state index in [9.17, 15) is 14.4 Å². The van der Waals surface area contributed by atoms with E-state index < -0.39 is 23.6 Å². The van der Waals surface area contributed by atoms with Gasteiger partial charge in [0, 0.05) is 21.4 Å². The molecule has 0 aliphatic heterocycles. The molecule has 3 aromatic rings.